The van der Waals surface area contributed by atoms with Crippen LogP contribution in [0.3, 0.4) is 0 Å². The molecule has 4 heterocycles. The Kier molecular flexibility index (Phi) is 6.65. The van der Waals surface area contributed by atoms with Crippen LogP contribution in [0.25, 0.3) is 22.3 Å². The van der Waals surface area contributed by atoms with Crippen molar-refractivity contribution in [3.05, 3.63) is 46.6 Å². The summed E-state index contributed by atoms with van der Waals surface area (Å²) in [5, 5.41) is 1.99. The van der Waals surface area contributed by atoms with Crippen LogP contribution in [0.2, 0.25) is 10.0 Å². The lowest BCUT2D eigenvalue weighted by Gasteiger charge is -2.42. The fourth-order valence-corrected chi connectivity index (χ4v) is 6.21. The van der Waals surface area contributed by atoms with E-state index in [2.05, 4.69) is 68.1 Å². The third-order valence-electron chi connectivity index (χ3n) is 6.99. The van der Waals surface area contributed by atoms with Gasteiger partial charge in [0.2, 0.25) is 0 Å². The molecule has 5 nitrogen and oxygen atoms in total. The number of halogens is 2. The van der Waals surface area contributed by atoms with Gasteiger partial charge in [0.25, 0.3) is 0 Å². The zero-order chi connectivity index (χ0) is 22.2. The Bertz CT molecular complexity index is 1080. The molecule has 2 aromatic heterocycles. The van der Waals surface area contributed by atoms with Crippen molar-refractivity contribution >= 4 is 48.7 Å². The van der Waals surface area contributed by atoms with Crippen molar-refractivity contribution in [1.29, 1.82) is 0 Å². The lowest BCUT2D eigenvalue weighted by atomic mass is 10.0. The summed E-state index contributed by atoms with van der Waals surface area (Å²) in [6.07, 6.45) is 4.14. The van der Waals surface area contributed by atoms with Gasteiger partial charge in [-0.1, -0.05) is 35.3 Å². The summed E-state index contributed by atoms with van der Waals surface area (Å²) in [4.78, 5) is 12.2. The Labute approximate surface area is 202 Å². The second-order valence-electron chi connectivity index (χ2n) is 8.85. The number of piperidine rings is 1. The van der Waals surface area contributed by atoms with Crippen molar-refractivity contribution < 1.29 is 0 Å². The van der Waals surface area contributed by atoms with Crippen LogP contribution < -0.4 is 4.90 Å². The van der Waals surface area contributed by atoms with Gasteiger partial charge in [-0.2, -0.15) is 0 Å². The normalized spacial score (nSPS) is 19.6. The average molecular weight is 490 g/mol. The predicted molar refractivity (Wildman–Crippen MR) is 139 cm³/mol. The number of hydrogen-bond acceptors (Lipinski definition) is 4. The zero-order valence-corrected chi connectivity index (χ0v) is 21.2. The van der Waals surface area contributed by atoms with Gasteiger partial charge in [-0.3, -0.25) is 4.90 Å². The van der Waals surface area contributed by atoms with Gasteiger partial charge in [0.15, 0.2) is 0 Å². The van der Waals surface area contributed by atoms with E-state index in [-0.39, 0.29) is 0 Å². The lowest BCUT2D eigenvalue weighted by Crippen LogP contribution is -2.52. The average Bonchev–Trinajstić information content (AvgIpc) is 3.21. The van der Waals surface area contributed by atoms with E-state index in [1.807, 2.05) is 0 Å². The zero-order valence-electron chi connectivity index (χ0n) is 18.7. The second-order valence-corrected chi connectivity index (χ2v) is 10.5. The Morgan fingerprint density at radius 1 is 0.969 bits per heavy atom. The minimum Gasteiger partial charge on any atom is -0.371 e. The second kappa shape index (κ2) is 9.48. The molecular formula is C24H30Cl2N5P. The van der Waals surface area contributed by atoms with E-state index in [0.29, 0.717) is 18.8 Å². The molecule has 0 aliphatic carbocycles. The molecule has 8 heteroatoms. The largest absolute Gasteiger partial charge is 0.371 e. The quantitative estimate of drug-likeness (QED) is 0.464. The van der Waals surface area contributed by atoms with Crippen molar-refractivity contribution in [3.63, 3.8) is 0 Å². The molecule has 5 rings (SSSR count). The van der Waals surface area contributed by atoms with Crippen molar-refractivity contribution in [2.45, 2.75) is 18.9 Å². The van der Waals surface area contributed by atoms with Gasteiger partial charge in [-0.25, -0.2) is 4.98 Å². The number of aromatic nitrogens is 2. The first-order chi connectivity index (χ1) is 15.5. The monoisotopic (exact) mass is 489 g/mol. The van der Waals surface area contributed by atoms with E-state index in [1.54, 1.807) is 6.20 Å². The van der Waals surface area contributed by atoms with Crippen LogP contribution in [-0.4, -0.2) is 78.1 Å². The first-order valence-corrected chi connectivity index (χ1v) is 13.6. The van der Waals surface area contributed by atoms with Gasteiger partial charge in [-0.05, 0) is 59.0 Å². The maximum Gasteiger partial charge on any atom is 0.145 e. The van der Waals surface area contributed by atoms with E-state index in [9.17, 15) is 0 Å². The molecule has 0 spiro atoms. The van der Waals surface area contributed by atoms with Gasteiger partial charge in [-0.15, -0.1) is 0 Å². The molecule has 0 bridgehead atoms. The number of likely N-dealkylation sites (N-methyl/N-ethyl adjacent to an activating group) is 1. The predicted octanol–water partition coefficient (Wildman–Crippen LogP) is 5.30. The van der Waals surface area contributed by atoms with Crippen LogP contribution in [0.15, 0.2) is 36.5 Å². The van der Waals surface area contributed by atoms with Gasteiger partial charge in [0.05, 0.1) is 15.7 Å². The van der Waals surface area contributed by atoms with Crippen molar-refractivity contribution in [2.24, 2.45) is 0 Å². The van der Waals surface area contributed by atoms with Gasteiger partial charge >= 0.3 is 0 Å². The molecule has 2 aliphatic rings. The van der Waals surface area contributed by atoms with Gasteiger partial charge in [0, 0.05) is 62.6 Å². The third-order valence-corrected chi connectivity index (χ3v) is 8.68. The summed E-state index contributed by atoms with van der Waals surface area (Å²) in [5.41, 5.74) is 4.52. The van der Waals surface area contributed by atoms with E-state index < -0.39 is 0 Å². The van der Waals surface area contributed by atoms with Crippen molar-refractivity contribution in [2.75, 3.05) is 57.9 Å². The number of rotatable bonds is 4. The van der Waals surface area contributed by atoms with Crippen LogP contribution in [0.5, 0.6) is 0 Å². The standard InChI is InChI=1S/C24H30Cl2N5P/c1-28-11-13-30(14-12-28)19-7-9-29(10-8-19)18-5-3-17(4-6-18)22-15-20-23(26)21(25)16-27-24(20)31(22)32-2/h3-6,15-16,19,32H,7-14H2,1-2H3. The summed E-state index contributed by atoms with van der Waals surface area (Å²) in [6.45, 7) is 9.24. The van der Waals surface area contributed by atoms with Crippen LogP contribution in [0, 0.1) is 0 Å². The maximum absolute atomic E-state index is 6.46. The van der Waals surface area contributed by atoms with Crippen LogP contribution in [0.1, 0.15) is 12.8 Å². The number of piperazine rings is 1. The number of fused-ring (bicyclic) bond motifs is 1. The van der Waals surface area contributed by atoms with E-state index in [1.165, 1.54) is 50.3 Å². The molecule has 2 saturated heterocycles. The molecule has 0 N–H and O–H groups in total. The summed E-state index contributed by atoms with van der Waals surface area (Å²) in [6, 6.07) is 11.8. The Morgan fingerprint density at radius 3 is 2.31 bits per heavy atom. The molecule has 2 fully saturated rings. The molecule has 1 aromatic carbocycles. The fraction of sp³-hybridized carbons (Fsp3) is 0.458. The number of anilines is 1. The summed E-state index contributed by atoms with van der Waals surface area (Å²) >= 11 is 12.7. The molecule has 32 heavy (non-hydrogen) atoms. The van der Waals surface area contributed by atoms with Gasteiger partial charge in [0.1, 0.15) is 5.65 Å². The number of hydrogen-bond donors (Lipinski definition) is 0. The Morgan fingerprint density at radius 2 is 1.66 bits per heavy atom. The van der Waals surface area contributed by atoms with Crippen molar-refractivity contribution in [3.8, 4) is 11.3 Å². The first kappa shape index (κ1) is 22.4. The van der Waals surface area contributed by atoms with Gasteiger partial charge < -0.3 is 14.1 Å². The van der Waals surface area contributed by atoms with E-state index >= 15 is 0 Å². The molecule has 2 aliphatic heterocycles. The number of pyridine rings is 1. The topological polar surface area (TPSA) is 27.5 Å². The highest BCUT2D eigenvalue weighted by Gasteiger charge is 2.26. The number of nitrogens with zero attached hydrogens (tertiary/aromatic N) is 5. The summed E-state index contributed by atoms with van der Waals surface area (Å²) in [5.74, 6) is 0. The minimum atomic E-state index is 0.498. The maximum atomic E-state index is 6.46. The Balaban J connectivity index is 1.31. The highest BCUT2D eigenvalue weighted by molar-refractivity contribution is 7.35. The highest BCUT2D eigenvalue weighted by Crippen LogP contribution is 2.38. The molecule has 1 unspecified atom stereocenters. The molecular weight excluding hydrogens is 460 g/mol. The van der Waals surface area contributed by atoms with E-state index in [0.717, 1.165) is 35.9 Å². The Hall–Kier alpha value is -1.36. The first-order valence-electron chi connectivity index (χ1n) is 11.4. The smallest absolute Gasteiger partial charge is 0.145 e. The third kappa shape index (κ3) is 4.26. The molecule has 1 atom stereocenters. The highest BCUT2D eigenvalue weighted by atomic mass is 35.5. The number of benzene rings is 1. The minimum absolute atomic E-state index is 0.498. The molecule has 0 radical (unpaired) electrons. The van der Waals surface area contributed by atoms with Crippen LogP contribution >= 0.6 is 31.9 Å². The summed E-state index contributed by atoms with van der Waals surface area (Å²) < 4.78 is 2.23. The van der Waals surface area contributed by atoms with Crippen LogP contribution in [-0.2, 0) is 0 Å². The van der Waals surface area contributed by atoms with E-state index in [4.69, 9.17) is 23.2 Å². The molecule has 170 valence electrons. The van der Waals surface area contributed by atoms with Crippen LogP contribution in [0.4, 0.5) is 5.69 Å². The molecule has 0 saturated carbocycles. The molecule has 0 amide bonds. The SMILES string of the molecule is CPn1c(-c2ccc(N3CCC(N4CCN(C)CC4)CC3)cc2)cc2c(Cl)c(Cl)cnc21. The van der Waals surface area contributed by atoms with Crippen molar-refractivity contribution in [1.82, 2.24) is 19.1 Å². The molecule has 3 aromatic rings. The summed E-state index contributed by atoms with van der Waals surface area (Å²) in [7, 11) is 2.79. The lowest BCUT2D eigenvalue weighted by molar-refractivity contribution is 0.0982. The fourth-order valence-electron chi connectivity index (χ4n) is 5.05.